The van der Waals surface area contributed by atoms with Crippen LogP contribution in [0.2, 0.25) is 0 Å². The molecule has 1 aromatic rings. The third-order valence-corrected chi connectivity index (χ3v) is 2.00. The molecule has 0 saturated heterocycles. The summed E-state index contributed by atoms with van der Waals surface area (Å²) in [4.78, 5) is 1.33. The summed E-state index contributed by atoms with van der Waals surface area (Å²) in [5.41, 5.74) is 5.83. The van der Waals surface area contributed by atoms with Gasteiger partial charge in [-0.1, -0.05) is 17.7 Å². The van der Waals surface area contributed by atoms with Crippen molar-refractivity contribution in [3.63, 3.8) is 0 Å². The first-order valence-electron chi connectivity index (χ1n) is 3.51. The maximum Gasteiger partial charge on any atom is 0.00693 e. The van der Waals surface area contributed by atoms with E-state index in [1.54, 1.807) is 11.8 Å². The van der Waals surface area contributed by atoms with E-state index in [1.807, 2.05) is 0 Å². The second-order valence-electron chi connectivity index (χ2n) is 2.02. The summed E-state index contributed by atoms with van der Waals surface area (Å²) in [5, 5.41) is 0. The third kappa shape index (κ3) is 4.06. The van der Waals surface area contributed by atoms with E-state index in [-0.39, 0.29) is 0 Å². The summed E-state index contributed by atoms with van der Waals surface area (Å²) in [7, 11) is 1.50. The summed E-state index contributed by atoms with van der Waals surface area (Å²) >= 11 is 1.78. The van der Waals surface area contributed by atoms with Crippen LogP contribution in [-0.2, 0) is 0 Å². The molecule has 0 aliphatic heterocycles. The molecule has 0 aromatic heterocycles. The lowest BCUT2D eigenvalue weighted by Gasteiger charge is -1.93. The van der Waals surface area contributed by atoms with Crippen LogP contribution in [0.15, 0.2) is 29.2 Å². The van der Waals surface area contributed by atoms with Gasteiger partial charge in [0.05, 0.1) is 0 Å². The first-order valence-corrected chi connectivity index (χ1v) is 4.74. The quantitative estimate of drug-likeness (QED) is 0.653. The smallest absolute Gasteiger partial charge is 0.00693 e. The normalized spacial score (nSPS) is 8.36. The maximum atomic E-state index is 4.50. The summed E-state index contributed by atoms with van der Waals surface area (Å²) in [5.74, 6) is 0. The Bertz CT molecular complexity index is 181. The fourth-order valence-electron chi connectivity index (χ4n) is 0.674. The first kappa shape index (κ1) is 10.5. The minimum atomic E-state index is 1.33. The Morgan fingerprint density at radius 1 is 1.09 bits per heavy atom. The van der Waals surface area contributed by atoms with Gasteiger partial charge in [0.2, 0.25) is 0 Å². The fraction of sp³-hybridized carbons (Fsp3) is 0.333. The molecule has 0 atom stereocenters. The van der Waals surface area contributed by atoms with Gasteiger partial charge >= 0.3 is 0 Å². The number of thioether (sulfide) groups is 1. The van der Waals surface area contributed by atoms with Crippen molar-refractivity contribution in [3.05, 3.63) is 29.8 Å². The molecule has 0 unspecified atom stereocenters. The Hall–Kier alpha value is -0.470. The lowest BCUT2D eigenvalue weighted by Crippen LogP contribution is -1.70. The minimum absolute atomic E-state index is 1.33. The molecule has 0 spiro atoms. The second kappa shape index (κ2) is 6.25. The van der Waals surface area contributed by atoms with Crippen LogP contribution in [0, 0.1) is 6.92 Å². The molecule has 2 heteroatoms. The van der Waals surface area contributed by atoms with Crippen molar-refractivity contribution in [2.75, 3.05) is 13.3 Å². The number of nitrogens with two attached hydrogens (primary N) is 1. The van der Waals surface area contributed by atoms with Crippen LogP contribution in [0.4, 0.5) is 0 Å². The van der Waals surface area contributed by atoms with Gasteiger partial charge in [-0.15, -0.1) is 11.8 Å². The van der Waals surface area contributed by atoms with Gasteiger partial charge in [-0.3, -0.25) is 0 Å². The zero-order valence-electron chi connectivity index (χ0n) is 7.29. The highest BCUT2D eigenvalue weighted by atomic mass is 32.2. The van der Waals surface area contributed by atoms with E-state index in [1.165, 1.54) is 17.5 Å². The molecule has 2 N–H and O–H groups in total. The van der Waals surface area contributed by atoms with Crippen molar-refractivity contribution in [1.29, 1.82) is 0 Å². The van der Waals surface area contributed by atoms with Gasteiger partial charge in [-0.05, 0) is 32.4 Å². The first-order chi connectivity index (χ1) is 5.33. The topological polar surface area (TPSA) is 26.0 Å². The highest BCUT2D eigenvalue weighted by Gasteiger charge is 1.85. The molecular formula is C9H15NS. The molecule has 0 radical (unpaired) electrons. The van der Waals surface area contributed by atoms with E-state index in [4.69, 9.17) is 0 Å². The largest absolute Gasteiger partial charge is 0.333 e. The Labute approximate surface area is 73.0 Å². The highest BCUT2D eigenvalue weighted by molar-refractivity contribution is 7.98. The molecule has 0 heterocycles. The average Bonchev–Trinajstić information content (AvgIpc) is 2.10. The monoisotopic (exact) mass is 169 g/mol. The van der Waals surface area contributed by atoms with Gasteiger partial charge in [0, 0.05) is 4.90 Å². The van der Waals surface area contributed by atoms with Gasteiger partial charge in [-0.25, -0.2) is 0 Å². The Kier molecular flexibility index (Phi) is 5.99. The van der Waals surface area contributed by atoms with Crippen LogP contribution in [-0.4, -0.2) is 13.3 Å². The van der Waals surface area contributed by atoms with Crippen molar-refractivity contribution >= 4 is 11.8 Å². The third-order valence-electron chi connectivity index (χ3n) is 1.26. The molecule has 0 aliphatic rings. The highest BCUT2D eigenvalue weighted by Crippen LogP contribution is 2.13. The zero-order chi connectivity index (χ0) is 8.69. The molecular weight excluding hydrogens is 154 g/mol. The molecule has 0 saturated carbocycles. The van der Waals surface area contributed by atoms with Crippen LogP contribution in [0.5, 0.6) is 0 Å². The van der Waals surface area contributed by atoms with E-state index in [2.05, 4.69) is 43.2 Å². The molecule has 1 aromatic carbocycles. The minimum Gasteiger partial charge on any atom is -0.333 e. The van der Waals surface area contributed by atoms with Crippen molar-refractivity contribution < 1.29 is 0 Å². The number of benzene rings is 1. The van der Waals surface area contributed by atoms with Crippen LogP contribution in [0.3, 0.4) is 0 Å². The fourth-order valence-corrected chi connectivity index (χ4v) is 1.08. The molecule has 0 amide bonds. The second-order valence-corrected chi connectivity index (χ2v) is 2.90. The van der Waals surface area contributed by atoms with Gasteiger partial charge in [0.15, 0.2) is 0 Å². The van der Waals surface area contributed by atoms with Gasteiger partial charge < -0.3 is 5.73 Å². The van der Waals surface area contributed by atoms with Gasteiger partial charge in [0.1, 0.15) is 0 Å². The van der Waals surface area contributed by atoms with Crippen molar-refractivity contribution in [2.45, 2.75) is 11.8 Å². The summed E-state index contributed by atoms with van der Waals surface area (Å²) in [6, 6.07) is 8.54. The maximum absolute atomic E-state index is 4.50. The van der Waals surface area contributed by atoms with E-state index < -0.39 is 0 Å². The predicted octanol–water partition coefficient (Wildman–Crippen LogP) is 2.29. The van der Waals surface area contributed by atoms with Crippen molar-refractivity contribution in [2.24, 2.45) is 5.73 Å². The van der Waals surface area contributed by atoms with Crippen molar-refractivity contribution in [1.82, 2.24) is 0 Å². The van der Waals surface area contributed by atoms with Crippen molar-refractivity contribution in [3.8, 4) is 0 Å². The molecule has 1 nitrogen and oxygen atoms in total. The molecule has 0 fully saturated rings. The van der Waals surface area contributed by atoms with Crippen LogP contribution in [0.25, 0.3) is 0 Å². The molecule has 0 bridgehead atoms. The van der Waals surface area contributed by atoms with E-state index in [0.29, 0.717) is 0 Å². The molecule has 1 rings (SSSR count). The van der Waals surface area contributed by atoms with Crippen LogP contribution in [0.1, 0.15) is 5.56 Å². The predicted molar refractivity (Wildman–Crippen MR) is 53.1 cm³/mol. The van der Waals surface area contributed by atoms with E-state index in [0.717, 1.165) is 0 Å². The standard InChI is InChI=1S/C8H10S.CH5N/c1-7-3-5-8(9-2)6-4-7;1-2/h3-6H,1-2H3;2H2,1H3. The van der Waals surface area contributed by atoms with Crippen LogP contribution >= 0.6 is 11.8 Å². The van der Waals surface area contributed by atoms with Gasteiger partial charge in [0.25, 0.3) is 0 Å². The van der Waals surface area contributed by atoms with E-state index >= 15 is 0 Å². The summed E-state index contributed by atoms with van der Waals surface area (Å²) in [6.07, 6.45) is 2.09. The number of rotatable bonds is 1. The lowest BCUT2D eigenvalue weighted by molar-refractivity contribution is 1.38. The number of aryl methyl sites for hydroxylation is 1. The number of hydrogen-bond acceptors (Lipinski definition) is 2. The Morgan fingerprint density at radius 2 is 1.55 bits per heavy atom. The van der Waals surface area contributed by atoms with E-state index in [9.17, 15) is 0 Å². The molecule has 11 heavy (non-hydrogen) atoms. The Morgan fingerprint density at radius 3 is 1.91 bits per heavy atom. The van der Waals surface area contributed by atoms with Crippen LogP contribution < -0.4 is 5.73 Å². The lowest BCUT2D eigenvalue weighted by atomic mass is 10.2. The summed E-state index contributed by atoms with van der Waals surface area (Å²) < 4.78 is 0. The average molecular weight is 169 g/mol. The Balaban J connectivity index is 0.000000461. The SMILES string of the molecule is CN.CSc1ccc(C)cc1. The zero-order valence-corrected chi connectivity index (χ0v) is 8.11. The summed E-state index contributed by atoms with van der Waals surface area (Å²) in [6.45, 7) is 2.10. The molecule has 0 aliphatic carbocycles. The number of hydrogen-bond donors (Lipinski definition) is 1. The van der Waals surface area contributed by atoms with Gasteiger partial charge in [-0.2, -0.15) is 0 Å². The molecule has 62 valence electrons.